The Balaban J connectivity index is 3.19. The Morgan fingerprint density at radius 3 is 2.50 bits per heavy atom. The maximum Gasteiger partial charge on any atom is 0.0763 e. The molecular formula is C8H19NO3. The van der Waals surface area contributed by atoms with Gasteiger partial charge in [0.1, 0.15) is 0 Å². The van der Waals surface area contributed by atoms with Gasteiger partial charge in [-0.2, -0.15) is 0 Å². The fraction of sp³-hybridized carbons (Fsp3) is 1.00. The maximum absolute atomic E-state index is 9.44. The highest BCUT2D eigenvalue weighted by molar-refractivity contribution is 4.72. The Labute approximate surface area is 73.7 Å². The van der Waals surface area contributed by atoms with Gasteiger partial charge in [0.05, 0.1) is 18.8 Å². The van der Waals surface area contributed by atoms with Crippen LogP contribution in [0.15, 0.2) is 0 Å². The van der Waals surface area contributed by atoms with Crippen molar-refractivity contribution in [2.24, 2.45) is 5.73 Å². The van der Waals surface area contributed by atoms with Crippen molar-refractivity contribution in [2.45, 2.75) is 18.9 Å². The largest absolute Gasteiger partial charge is 0.389 e. The molecule has 3 N–H and O–H groups in total. The molecule has 1 unspecified atom stereocenters. The molecule has 0 rings (SSSR count). The lowest BCUT2D eigenvalue weighted by Gasteiger charge is -2.20. The van der Waals surface area contributed by atoms with Crippen molar-refractivity contribution in [3.05, 3.63) is 0 Å². The second-order valence-corrected chi connectivity index (χ2v) is 3.06. The van der Waals surface area contributed by atoms with Crippen LogP contribution in [0.4, 0.5) is 0 Å². The number of rotatable bonds is 7. The predicted octanol–water partition coefficient (Wildman–Crippen LogP) is -0.251. The van der Waals surface area contributed by atoms with Crippen LogP contribution >= 0.6 is 0 Å². The monoisotopic (exact) mass is 177 g/mol. The molecule has 0 bridgehead atoms. The highest BCUT2D eigenvalue weighted by Crippen LogP contribution is 2.05. The van der Waals surface area contributed by atoms with Crippen molar-refractivity contribution in [2.75, 3.05) is 33.5 Å². The Hall–Kier alpha value is -0.160. The first-order valence-corrected chi connectivity index (χ1v) is 4.11. The van der Waals surface area contributed by atoms with Crippen LogP contribution in [0.2, 0.25) is 0 Å². The van der Waals surface area contributed by atoms with Crippen LogP contribution in [-0.2, 0) is 9.47 Å². The van der Waals surface area contributed by atoms with Crippen LogP contribution in [0.3, 0.4) is 0 Å². The number of ether oxygens (including phenoxy) is 2. The predicted molar refractivity (Wildman–Crippen MR) is 47.0 cm³/mol. The average Bonchev–Trinajstić information content (AvgIpc) is 2.04. The molecule has 0 spiro atoms. The van der Waals surface area contributed by atoms with Gasteiger partial charge in [-0.25, -0.2) is 0 Å². The zero-order valence-electron chi connectivity index (χ0n) is 7.88. The highest BCUT2D eigenvalue weighted by atomic mass is 16.5. The van der Waals surface area contributed by atoms with E-state index in [4.69, 9.17) is 15.2 Å². The minimum absolute atomic E-state index is 0.265. The first-order chi connectivity index (χ1) is 5.62. The van der Waals surface area contributed by atoms with Gasteiger partial charge in [-0.1, -0.05) is 0 Å². The van der Waals surface area contributed by atoms with Crippen molar-refractivity contribution < 1.29 is 14.6 Å². The minimum atomic E-state index is -0.799. The van der Waals surface area contributed by atoms with Crippen LogP contribution in [0, 0.1) is 0 Å². The number of aliphatic hydroxyl groups is 1. The Morgan fingerprint density at radius 1 is 1.33 bits per heavy atom. The molecule has 0 radical (unpaired) electrons. The van der Waals surface area contributed by atoms with E-state index >= 15 is 0 Å². The molecule has 4 nitrogen and oxygen atoms in total. The van der Waals surface area contributed by atoms with Gasteiger partial charge < -0.3 is 20.3 Å². The van der Waals surface area contributed by atoms with E-state index in [1.165, 1.54) is 0 Å². The van der Waals surface area contributed by atoms with E-state index in [1.54, 1.807) is 14.0 Å². The summed E-state index contributed by atoms with van der Waals surface area (Å²) in [4.78, 5) is 0. The molecule has 0 aliphatic rings. The Morgan fingerprint density at radius 2 is 2.00 bits per heavy atom. The lowest BCUT2D eigenvalue weighted by Crippen LogP contribution is -2.35. The zero-order valence-corrected chi connectivity index (χ0v) is 7.88. The van der Waals surface area contributed by atoms with Crippen LogP contribution < -0.4 is 5.73 Å². The SMILES string of the molecule is COCCOCCC(C)(O)CN. The Bertz CT molecular complexity index is 106. The molecule has 12 heavy (non-hydrogen) atoms. The third-order valence-corrected chi connectivity index (χ3v) is 1.66. The minimum Gasteiger partial charge on any atom is -0.389 e. The number of hydrogen-bond donors (Lipinski definition) is 2. The summed E-state index contributed by atoms with van der Waals surface area (Å²) in [6, 6.07) is 0. The molecular weight excluding hydrogens is 158 g/mol. The molecule has 0 heterocycles. The second-order valence-electron chi connectivity index (χ2n) is 3.06. The summed E-state index contributed by atoms with van der Waals surface area (Å²) in [6.07, 6.45) is 0.563. The van der Waals surface area contributed by atoms with Gasteiger partial charge in [-0.3, -0.25) is 0 Å². The van der Waals surface area contributed by atoms with E-state index < -0.39 is 5.60 Å². The fourth-order valence-corrected chi connectivity index (χ4v) is 0.638. The zero-order chi connectivity index (χ0) is 9.45. The second kappa shape index (κ2) is 6.37. The molecule has 0 aliphatic heterocycles. The summed E-state index contributed by atoms with van der Waals surface area (Å²) >= 11 is 0. The van der Waals surface area contributed by atoms with E-state index in [1.807, 2.05) is 0 Å². The molecule has 0 aliphatic carbocycles. The fourth-order valence-electron chi connectivity index (χ4n) is 0.638. The summed E-state index contributed by atoms with van der Waals surface area (Å²) in [5, 5.41) is 9.44. The summed E-state index contributed by atoms with van der Waals surface area (Å²) in [7, 11) is 1.62. The third kappa shape index (κ3) is 6.54. The van der Waals surface area contributed by atoms with Crippen molar-refractivity contribution in [3.8, 4) is 0 Å². The number of hydrogen-bond acceptors (Lipinski definition) is 4. The number of methoxy groups -OCH3 is 1. The van der Waals surface area contributed by atoms with Crippen molar-refractivity contribution >= 4 is 0 Å². The summed E-state index contributed by atoms with van der Waals surface area (Å²) in [5.74, 6) is 0. The molecule has 0 amide bonds. The summed E-state index contributed by atoms with van der Waals surface area (Å²) in [5.41, 5.74) is 4.52. The molecule has 0 fully saturated rings. The normalized spacial score (nSPS) is 16.0. The van der Waals surface area contributed by atoms with Crippen molar-refractivity contribution in [1.29, 1.82) is 0 Å². The van der Waals surface area contributed by atoms with Crippen LogP contribution in [-0.4, -0.2) is 44.2 Å². The number of nitrogens with two attached hydrogens (primary N) is 1. The standard InChI is InChI=1S/C8H19NO3/c1-8(10,7-9)3-4-12-6-5-11-2/h10H,3-7,9H2,1-2H3. The maximum atomic E-state index is 9.44. The van der Waals surface area contributed by atoms with Gasteiger partial charge in [0.2, 0.25) is 0 Å². The molecule has 0 aromatic heterocycles. The van der Waals surface area contributed by atoms with Gasteiger partial charge in [-0.05, 0) is 6.92 Å². The van der Waals surface area contributed by atoms with E-state index in [2.05, 4.69) is 0 Å². The third-order valence-electron chi connectivity index (χ3n) is 1.66. The molecule has 0 aromatic rings. The van der Waals surface area contributed by atoms with Crippen LogP contribution in [0.25, 0.3) is 0 Å². The van der Waals surface area contributed by atoms with E-state index in [0.717, 1.165) is 0 Å². The highest BCUT2D eigenvalue weighted by Gasteiger charge is 2.16. The molecule has 0 saturated carbocycles. The smallest absolute Gasteiger partial charge is 0.0763 e. The van der Waals surface area contributed by atoms with Gasteiger partial charge in [0, 0.05) is 26.7 Å². The lowest BCUT2D eigenvalue weighted by molar-refractivity contribution is 0.00882. The van der Waals surface area contributed by atoms with Gasteiger partial charge in [0.25, 0.3) is 0 Å². The van der Waals surface area contributed by atoms with Gasteiger partial charge in [-0.15, -0.1) is 0 Å². The topological polar surface area (TPSA) is 64.7 Å². The van der Waals surface area contributed by atoms with Crippen LogP contribution in [0.1, 0.15) is 13.3 Å². The molecule has 1 atom stereocenters. The van der Waals surface area contributed by atoms with Gasteiger partial charge >= 0.3 is 0 Å². The Kier molecular flexibility index (Phi) is 6.28. The quantitative estimate of drug-likeness (QED) is 0.526. The first-order valence-electron chi connectivity index (χ1n) is 4.11. The van der Waals surface area contributed by atoms with Gasteiger partial charge in [0.15, 0.2) is 0 Å². The summed E-state index contributed by atoms with van der Waals surface area (Å²) < 4.78 is 9.96. The summed E-state index contributed by atoms with van der Waals surface area (Å²) in [6.45, 7) is 3.64. The van der Waals surface area contributed by atoms with Crippen molar-refractivity contribution in [1.82, 2.24) is 0 Å². The van der Waals surface area contributed by atoms with Crippen molar-refractivity contribution in [3.63, 3.8) is 0 Å². The van der Waals surface area contributed by atoms with Crippen LogP contribution in [0.5, 0.6) is 0 Å². The molecule has 0 saturated heterocycles. The molecule has 0 aromatic carbocycles. The molecule has 4 heteroatoms. The average molecular weight is 177 g/mol. The van der Waals surface area contributed by atoms with E-state index in [-0.39, 0.29) is 6.54 Å². The van der Waals surface area contributed by atoms with E-state index in [9.17, 15) is 5.11 Å². The molecule has 74 valence electrons. The first kappa shape index (κ1) is 11.8. The lowest BCUT2D eigenvalue weighted by atomic mass is 10.0. The van der Waals surface area contributed by atoms with E-state index in [0.29, 0.717) is 26.2 Å².